The van der Waals surface area contributed by atoms with Gasteiger partial charge in [-0.2, -0.15) is 0 Å². The summed E-state index contributed by atoms with van der Waals surface area (Å²) >= 11 is 3.32. The van der Waals surface area contributed by atoms with Crippen LogP contribution in [0.5, 0.6) is 0 Å². The number of rotatable bonds is 5. The van der Waals surface area contributed by atoms with Crippen molar-refractivity contribution in [2.24, 2.45) is 0 Å². The van der Waals surface area contributed by atoms with E-state index in [1.165, 1.54) is 0 Å². The van der Waals surface area contributed by atoms with Gasteiger partial charge in [-0.3, -0.25) is 9.59 Å². The molecule has 0 amide bonds. The molecule has 0 saturated carbocycles. The van der Waals surface area contributed by atoms with Crippen molar-refractivity contribution in [1.29, 1.82) is 0 Å². The smallest absolute Gasteiger partial charge is 0.250 e. The number of carbonyl (C=O) groups is 2. The van der Waals surface area contributed by atoms with Crippen LogP contribution in [0, 0.1) is 0 Å². The first-order valence-corrected chi connectivity index (χ1v) is 5.35. The lowest BCUT2D eigenvalue weighted by molar-refractivity contribution is -0.139. The number of hydrogen-bond acceptors (Lipinski definition) is 8. The van der Waals surface area contributed by atoms with E-state index in [2.05, 4.69) is 12.6 Å². The Balaban J connectivity index is 4.42. The molecule has 94 valence electrons. The van der Waals surface area contributed by atoms with Gasteiger partial charge < -0.3 is 25.5 Å². The minimum absolute atomic E-state index is 0.0487. The van der Waals surface area contributed by atoms with E-state index in [4.69, 9.17) is 15.3 Å². The van der Waals surface area contributed by atoms with Gasteiger partial charge >= 0.3 is 0 Å². The molecule has 0 aromatic heterocycles. The second-order valence-electron chi connectivity index (χ2n) is 2.86. The third-order valence-corrected chi connectivity index (χ3v) is 2.58. The highest BCUT2D eigenvalue weighted by Gasteiger charge is 2.34. The molecule has 0 saturated heterocycles. The zero-order chi connectivity index (χ0) is 12.9. The molecule has 0 aromatic carbocycles. The number of carbonyl (C=O) groups excluding carboxylic acids is 2. The first-order valence-electron chi connectivity index (χ1n) is 4.09. The van der Waals surface area contributed by atoms with Crippen LogP contribution in [0.25, 0.3) is 0 Å². The van der Waals surface area contributed by atoms with Gasteiger partial charge in [-0.05, 0) is 0 Å². The Morgan fingerprint density at radius 1 is 1.12 bits per heavy atom. The van der Waals surface area contributed by atoms with E-state index < -0.39 is 40.6 Å². The van der Waals surface area contributed by atoms with Crippen LogP contribution in [-0.4, -0.2) is 66.1 Å². The summed E-state index contributed by atoms with van der Waals surface area (Å²) in [5, 5.41) is 43.9. The van der Waals surface area contributed by atoms with Crippen molar-refractivity contribution in [3.05, 3.63) is 0 Å². The molecule has 16 heavy (non-hydrogen) atoms. The molecule has 0 spiro atoms. The number of aliphatic hydroxyl groups excluding tert-OH is 5. The van der Waals surface area contributed by atoms with Gasteiger partial charge in [-0.1, -0.05) is 12.6 Å². The van der Waals surface area contributed by atoms with Crippen molar-refractivity contribution in [3.63, 3.8) is 0 Å². The maximum atomic E-state index is 11.0. The zero-order valence-corrected chi connectivity index (χ0v) is 9.64. The summed E-state index contributed by atoms with van der Waals surface area (Å²) in [5.41, 5.74) is 0. The van der Waals surface area contributed by atoms with Crippen LogP contribution in [0.1, 0.15) is 0 Å². The third kappa shape index (κ3) is 4.78. The lowest BCUT2D eigenvalue weighted by Crippen LogP contribution is -2.48. The van der Waals surface area contributed by atoms with Crippen LogP contribution in [0.3, 0.4) is 0 Å². The average Bonchev–Trinajstić information content (AvgIpc) is 2.23. The fraction of sp³-hybridized carbons (Fsp3) is 0.714. The predicted molar refractivity (Wildman–Crippen MR) is 58.1 cm³/mol. The summed E-state index contributed by atoms with van der Waals surface area (Å²) in [4.78, 5) is 21.4. The van der Waals surface area contributed by atoms with Gasteiger partial charge in [-0.25, -0.2) is 0 Å². The molecule has 0 unspecified atom stereocenters. The van der Waals surface area contributed by atoms with Gasteiger partial charge in [0.15, 0.2) is 6.10 Å². The molecule has 5 N–H and O–H groups in total. The van der Waals surface area contributed by atoms with Gasteiger partial charge in [-0.15, -0.1) is 0 Å². The molecule has 0 aliphatic rings. The molecule has 4 atom stereocenters. The van der Waals surface area contributed by atoms with E-state index in [9.17, 15) is 19.8 Å². The topological polar surface area (TPSA) is 135 Å². The molecular formula is C7H12O7S2. The summed E-state index contributed by atoms with van der Waals surface area (Å²) < 4.78 is -0.881. The van der Waals surface area contributed by atoms with E-state index in [-0.39, 0.29) is 11.8 Å². The van der Waals surface area contributed by atoms with Crippen LogP contribution < -0.4 is 0 Å². The number of thiol groups is 1. The highest BCUT2D eigenvalue weighted by Crippen LogP contribution is 2.15. The minimum atomic E-state index is -2.06. The molecule has 7 nitrogen and oxygen atoms in total. The third-order valence-electron chi connectivity index (χ3n) is 1.68. The molecule has 0 aliphatic heterocycles. The molecule has 0 aliphatic carbocycles. The van der Waals surface area contributed by atoms with Gasteiger partial charge in [0, 0.05) is 11.8 Å². The molecule has 0 heterocycles. The Morgan fingerprint density at radius 3 is 2.00 bits per heavy atom. The summed E-state index contributed by atoms with van der Waals surface area (Å²) in [6, 6.07) is 0. The fourth-order valence-electron chi connectivity index (χ4n) is 0.808. The normalized spacial score (nSPS) is 18.6. The van der Waals surface area contributed by atoms with Gasteiger partial charge in [0.05, 0.1) is 6.61 Å². The van der Waals surface area contributed by atoms with E-state index in [1.807, 2.05) is 0 Å². The van der Waals surface area contributed by atoms with Crippen molar-refractivity contribution in [3.8, 4) is 0 Å². The Labute approximate surface area is 101 Å². The monoisotopic (exact) mass is 272 g/mol. The van der Waals surface area contributed by atoms with Crippen molar-refractivity contribution >= 4 is 34.0 Å². The van der Waals surface area contributed by atoms with Gasteiger partial charge in [0.1, 0.15) is 18.3 Å². The van der Waals surface area contributed by atoms with Crippen molar-refractivity contribution in [1.82, 2.24) is 0 Å². The molecule has 0 rings (SSSR count). The van der Waals surface area contributed by atoms with E-state index in [0.717, 1.165) is 0 Å². The standard InChI is InChI=1S/C7H12O7S2/c8-1-2(9)3(10)4(11)5(12)6(13)16-7(14)15/h2-5,8-12H,1H2,(H,14,15)/t2-,3-,4+,5-/m1/s1. The lowest BCUT2D eigenvalue weighted by atomic mass is 10.0. The Hall–Kier alpha value is -0.160. The molecule has 0 aromatic rings. The Morgan fingerprint density at radius 2 is 1.62 bits per heavy atom. The van der Waals surface area contributed by atoms with Gasteiger partial charge in [0.2, 0.25) is 5.12 Å². The first kappa shape index (κ1) is 15.8. The van der Waals surface area contributed by atoms with E-state index in [1.54, 1.807) is 0 Å². The number of aliphatic hydroxyl groups is 5. The van der Waals surface area contributed by atoms with E-state index in [0.29, 0.717) is 0 Å². The molecule has 0 radical (unpaired) electrons. The maximum Gasteiger partial charge on any atom is 0.250 e. The zero-order valence-electron chi connectivity index (χ0n) is 7.92. The van der Waals surface area contributed by atoms with Crippen molar-refractivity contribution in [2.45, 2.75) is 24.4 Å². The highest BCUT2D eigenvalue weighted by molar-refractivity contribution is 8.39. The average molecular weight is 272 g/mol. The van der Waals surface area contributed by atoms with Crippen LogP contribution in [0.2, 0.25) is 0 Å². The van der Waals surface area contributed by atoms with Crippen LogP contribution in [-0.2, 0) is 4.79 Å². The lowest BCUT2D eigenvalue weighted by Gasteiger charge is -2.24. The largest absolute Gasteiger partial charge is 0.394 e. The summed E-state index contributed by atoms with van der Waals surface area (Å²) in [6.07, 6.45) is -7.67. The van der Waals surface area contributed by atoms with Gasteiger partial charge in [0.25, 0.3) is 4.45 Å². The van der Waals surface area contributed by atoms with Crippen LogP contribution in [0.4, 0.5) is 4.79 Å². The fourth-order valence-corrected chi connectivity index (χ4v) is 1.51. The van der Waals surface area contributed by atoms with Crippen LogP contribution >= 0.6 is 24.4 Å². The minimum Gasteiger partial charge on any atom is -0.394 e. The summed E-state index contributed by atoms with van der Waals surface area (Å²) in [5.74, 6) is 0. The first-order chi connectivity index (χ1) is 7.31. The second-order valence-corrected chi connectivity index (χ2v) is 4.55. The van der Waals surface area contributed by atoms with Crippen molar-refractivity contribution < 1.29 is 35.1 Å². The maximum absolute atomic E-state index is 11.0. The van der Waals surface area contributed by atoms with Crippen molar-refractivity contribution in [2.75, 3.05) is 6.61 Å². The highest BCUT2D eigenvalue weighted by atomic mass is 32.2. The predicted octanol–water partition coefficient (Wildman–Crippen LogP) is -2.27. The number of thioether (sulfide) groups is 1. The Kier molecular flexibility index (Phi) is 7.15. The molecular weight excluding hydrogens is 260 g/mol. The molecule has 0 fully saturated rings. The second kappa shape index (κ2) is 7.22. The summed E-state index contributed by atoms with van der Waals surface area (Å²) in [7, 11) is 0. The number of hydrogen-bond donors (Lipinski definition) is 6. The molecule has 0 bridgehead atoms. The molecule has 9 heteroatoms. The van der Waals surface area contributed by atoms with Crippen LogP contribution in [0.15, 0.2) is 0 Å². The Bertz CT molecular complexity index is 259. The quantitative estimate of drug-likeness (QED) is 0.308. The summed E-state index contributed by atoms with van der Waals surface area (Å²) in [6.45, 7) is -0.849. The van der Waals surface area contributed by atoms with E-state index >= 15 is 0 Å². The SMILES string of the molecule is O=C(S)SC(=O)[C@H](O)[C@@H](O)[C@H](O)[C@H](O)CO.